The van der Waals surface area contributed by atoms with Crippen molar-refractivity contribution in [2.75, 3.05) is 6.61 Å². The maximum Gasteiger partial charge on any atom is 0.407 e. The van der Waals surface area contributed by atoms with Crippen molar-refractivity contribution in [1.29, 1.82) is 0 Å². The molecule has 0 heterocycles. The lowest BCUT2D eigenvalue weighted by molar-refractivity contribution is -0.154. The summed E-state index contributed by atoms with van der Waals surface area (Å²) in [5, 5.41) is 10.2. The summed E-state index contributed by atoms with van der Waals surface area (Å²) in [7, 11) is 0. The number of carbonyl (C=O) groups is 3. The number of esters is 1. The number of benzene rings is 4. The average Bonchev–Trinajstić information content (AvgIpc) is 3.44. The summed E-state index contributed by atoms with van der Waals surface area (Å²) < 4.78 is 11.5. The minimum Gasteiger partial charge on any atom is -0.460 e. The molecule has 0 unspecified atom stereocenters. The van der Waals surface area contributed by atoms with Crippen LogP contribution < -0.4 is 16.1 Å². The van der Waals surface area contributed by atoms with E-state index in [1.807, 2.05) is 78.9 Å². The van der Waals surface area contributed by atoms with Crippen molar-refractivity contribution in [1.82, 2.24) is 16.1 Å². The van der Waals surface area contributed by atoms with Gasteiger partial charge in [0.05, 0.1) is 18.2 Å². The molecule has 0 saturated heterocycles. The molecule has 4 aromatic carbocycles. The Labute approximate surface area is 300 Å². The summed E-state index contributed by atoms with van der Waals surface area (Å²) in [6.45, 7) is 7.88. The molecule has 51 heavy (non-hydrogen) atoms. The number of amides is 3. The van der Waals surface area contributed by atoms with Crippen molar-refractivity contribution in [2.45, 2.75) is 83.9 Å². The number of carbonyl (C=O) groups excluding carboxylic acids is 3. The van der Waals surface area contributed by atoms with Crippen LogP contribution in [0.15, 0.2) is 108 Å². The summed E-state index contributed by atoms with van der Waals surface area (Å²) in [5.41, 5.74) is 10.0. The van der Waals surface area contributed by atoms with Gasteiger partial charge in [-0.25, -0.2) is 15.0 Å². The second-order valence-electron chi connectivity index (χ2n) is 13.7. The molecule has 4 aromatic rings. The molecule has 3 N–H and O–H groups in total. The van der Waals surface area contributed by atoms with Crippen LogP contribution in [0.5, 0.6) is 0 Å². The monoisotopic (exact) mass is 688 g/mol. The number of ether oxygens (including phenoxy) is 2. The zero-order valence-electron chi connectivity index (χ0n) is 29.9. The third kappa shape index (κ3) is 10.8. The molecule has 266 valence electrons. The predicted molar refractivity (Wildman–Crippen MR) is 200 cm³/mol. The van der Waals surface area contributed by atoms with Gasteiger partial charge in [0.1, 0.15) is 12.2 Å². The number of fused-ring (bicyclic) bond motifs is 3. The second kappa shape index (κ2) is 17.5. The minimum atomic E-state index is -0.895. The van der Waals surface area contributed by atoms with Crippen molar-refractivity contribution in [2.24, 2.45) is 5.10 Å². The van der Waals surface area contributed by atoms with Gasteiger partial charge < -0.3 is 20.1 Å². The van der Waals surface area contributed by atoms with Gasteiger partial charge in [0.25, 0.3) is 0 Å². The lowest BCUT2D eigenvalue weighted by Crippen LogP contribution is -2.45. The van der Waals surface area contributed by atoms with Crippen LogP contribution in [0, 0.1) is 0 Å². The van der Waals surface area contributed by atoms with E-state index >= 15 is 0 Å². The summed E-state index contributed by atoms with van der Waals surface area (Å²) >= 11 is 0. The van der Waals surface area contributed by atoms with E-state index in [4.69, 9.17) is 9.47 Å². The maximum atomic E-state index is 13.5. The van der Waals surface area contributed by atoms with Crippen LogP contribution in [-0.2, 0) is 33.7 Å². The van der Waals surface area contributed by atoms with Gasteiger partial charge in [0.2, 0.25) is 0 Å². The normalized spacial score (nSPS) is 13.1. The topological polar surface area (TPSA) is 118 Å². The molecule has 0 fully saturated rings. The Morgan fingerprint density at radius 1 is 0.784 bits per heavy atom. The van der Waals surface area contributed by atoms with Gasteiger partial charge in [0, 0.05) is 12.5 Å². The smallest absolute Gasteiger partial charge is 0.407 e. The van der Waals surface area contributed by atoms with Gasteiger partial charge >= 0.3 is 18.1 Å². The summed E-state index contributed by atoms with van der Waals surface area (Å²) in [6.07, 6.45) is 1.84. The highest BCUT2D eigenvalue weighted by Crippen LogP contribution is 2.44. The third-order valence-electron chi connectivity index (χ3n) is 8.76. The van der Waals surface area contributed by atoms with Crippen molar-refractivity contribution < 1.29 is 23.9 Å². The first-order valence-corrected chi connectivity index (χ1v) is 17.6. The predicted octanol–water partition coefficient (Wildman–Crippen LogP) is 8.07. The molecule has 9 nitrogen and oxygen atoms in total. The molecule has 0 radical (unpaired) electrons. The molecular weight excluding hydrogens is 640 g/mol. The molecule has 0 aromatic heterocycles. The van der Waals surface area contributed by atoms with Crippen molar-refractivity contribution in [3.8, 4) is 11.1 Å². The van der Waals surface area contributed by atoms with Gasteiger partial charge in [0.15, 0.2) is 0 Å². The average molecular weight is 689 g/mol. The van der Waals surface area contributed by atoms with Crippen LogP contribution in [-0.4, -0.2) is 42.1 Å². The zero-order chi connectivity index (χ0) is 36.2. The number of alkyl carbamates (subject to hydrolysis) is 1. The number of nitrogens with one attached hydrogen (secondary N) is 3. The largest absolute Gasteiger partial charge is 0.460 e. The zero-order valence-corrected chi connectivity index (χ0v) is 29.9. The molecule has 0 bridgehead atoms. The van der Waals surface area contributed by atoms with E-state index in [2.05, 4.69) is 52.3 Å². The van der Waals surface area contributed by atoms with Crippen molar-refractivity contribution >= 4 is 23.8 Å². The number of nitrogens with zero attached hydrogens (tertiary/aromatic N) is 1. The van der Waals surface area contributed by atoms with Crippen molar-refractivity contribution in [3.05, 3.63) is 131 Å². The second-order valence-corrected chi connectivity index (χ2v) is 13.7. The lowest BCUT2D eigenvalue weighted by Gasteiger charge is -2.24. The van der Waals surface area contributed by atoms with E-state index in [0.717, 1.165) is 46.2 Å². The van der Waals surface area contributed by atoms with E-state index in [9.17, 15) is 14.4 Å². The van der Waals surface area contributed by atoms with E-state index in [0.29, 0.717) is 25.1 Å². The molecule has 1 atom stereocenters. The van der Waals surface area contributed by atoms with Gasteiger partial charge in [-0.2, -0.15) is 5.10 Å². The standard InChI is InChI=1S/C42H48N4O5/c1-5-29-22-24-31(25-23-29)27-43-40(48)46-45-37(21-13-16-30-14-7-6-8-15-30)38(26-39(47)51-42(2,3)4)44-41(49)50-28-36-34-19-11-9-17-32(34)33-18-10-12-20-35(33)36/h6-12,14-15,17-20,22-25,36,38H,5,13,16,21,26-28H2,1-4H3,(H,44,49)(H2,43,46,48)/t38-/m0/s1. The number of hydrazone groups is 1. The summed E-state index contributed by atoms with van der Waals surface area (Å²) in [5.74, 6) is -0.641. The number of urea groups is 1. The number of rotatable bonds is 14. The van der Waals surface area contributed by atoms with E-state index in [1.165, 1.54) is 5.56 Å². The fourth-order valence-electron chi connectivity index (χ4n) is 6.25. The molecule has 0 saturated carbocycles. The first-order valence-electron chi connectivity index (χ1n) is 17.6. The number of hydrogen-bond donors (Lipinski definition) is 3. The quantitative estimate of drug-likeness (QED) is 0.0704. The van der Waals surface area contributed by atoms with Crippen LogP contribution in [0.3, 0.4) is 0 Å². The number of hydrogen-bond acceptors (Lipinski definition) is 6. The Kier molecular flexibility index (Phi) is 12.6. The van der Waals surface area contributed by atoms with Gasteiger partial charge in [-0.1, -0.05) is 110 Å². The SMILES string of the molecule is CCc1ccc(CNC(=O)NN=C(CCCc2ccccc2)[C@H](CC(=O)OC(C)(C)C)NC(=O)OCC2c3ccccc3-c3ccccc32)cc1. The molecule has 0 spiro atoms. The Bertz CT molecular complexity index is 1770. The molecule has 0 aliphatic heterocycles. The highest BCUT2D eigenvalue weighted by Gasteiger charge is 2.31. The van der Waals surface area contributed by atoms with Crippen LogP contribution in [0.25, 0.3) is 11.1 Å². The van der Waals surface area contributed by atoms with Crippen LogP contribution >= 0.6 is 0 Å². The highest BCUT2D eigenvalue weighted by atomic mass is 16.6. The van der Waals surface area contributed by atoms with Gasteiger partial charge in [-0.15, -0.1) is 0 Å². The minimum absolute atomic E-state index is 0.111. The molecule has 3 amide bonds. The van der Waals surface area contributed by atoms with Gasteiger partial charge in [-0.3, -0.25) is 4.79 Å². The fraction of sp³-hybridized carbons (Fsp3) is 0.333. The van der Waals surface area contributed by atoms with Crippen LogP contribution in [0.4, 0.5) is 9.59 Å². The lowest BCUT2D eigenvalue weighted by atomic mass is 9.98. The Hall–Kier alpha value is -5.44. The van der Waals surface area contributed by atoms with Crippen LogP contribution in [0.1, 0.15) is 80.7 Å². The molecular formula is C42H48N4O5. The Balaban J connectivity index is 1.32. The molecule has 5 rings (SSSR count). The number of aryl methyl sites for hydroxylation is 2. The Morgan fingerprint density at radius 2 is 1.39 bits per heavy atom. The summed E-state index contributed by atoms with van der Waals surface area (Å²) in [4.78, 5) is 39.6. The van der Waals surface area contributed by atoms with E-state index < -0.39 is 29.7 Å². The Morgan fingerprint density at radius 3 is 2.02 bits per heavy atom. The summed E-state index contributed by atoms with van der Waals surface area (Å²) in [6, 6.07) is 32.9. The third-order valence-corrected chi connectivity index (χ3v) is 8.76. The highest BCUT2D eigenvalue weighted by molar-refractivity contribution is 5.95. The van der Waals surface area contributed by atoms with E-state index in [-0.39, 0.29) is 18.9 Å². The first kappa shape index (κ1) is 36.8. The van der Waals surface area contributed by atoms with Crippen molar-refractivity contribution in [3.63, 3.8) is 0 Å². The maximum absolute atomic E-state index is 13.5. The molecule has 1 aliphatic rings. The van der Waals surface area contributed by atoms with E-state index in [1.54, 1.807) is 20.8 Å². The molecule has 1 aliphatic carbocycles. The van der Waals surface area contributed by atoms with Crippen LogP contribution in [0.2, 0.25) is 0 Å². The van der Waals surface area contributed by atoms with Gasteiger partial charge in [-0.05, 0) is 85.4 Å². The molecule has 9 heteroatoms. The first-order chi connectivity index (χ1) is 24.6. The fourth-order valence-corrected chi connectivity index (χ4v) is 6.25.